The maximum absolute atomic E-state index is 6.32. The predicted molar refractivity (Wildman–Crippen MR) is 92.7 cm³/mol. The zero-order chi connectivity index (χ0) is 16.1. The first kappa shape index (κ1) is 16.8. The first-order valence-corrected chi connectivity index (χ1v) is 7.80. The summed E-state index contributed by atoms with van der Waals surface area (Å²) in [5.74, 6) is 1.32. The van der Waals surface area contributed by atoms with E-state index in [0.29, 0.717) is 29.7 Å². The number of rotatable bonds is 6. The minimum absolute atomic E-state index is 0.562. The van der Waals surface area contributed by atoms with Gasteiger partial charge in [-0.3, -0.25) is 0 Å². The standard InChI is InChI=1S/C17H19Cl2NO2/c1-4-22-17-9-15(19)12(7-16(17)21-3)10-20-13-6-5-11(2)14(18)8-13/h5-9,20H,4,10H2,1-3H3. The zero-order valence-corrected chi connectivity index (χ0v) is 14.4. The lowest BCUT2D eigenvalue weighted by atomic mass is 10.1. The summed E-state index contributed by atoms with van der Waals surface area (Å²) in [4.78, 5) is 0. The van der Waals surface area contributed by atoms with Crippen LogP contribution >= 0.6 is 23.2 Å². The molecule has 22 heavy (non-hydrogen) atoms. The van der Waals surface area contributed by atoms with E-state index in [1.165, 1.54) is 0 Å². The van der Waals surface area contributed by atoms with Crippen LogP contribution in [0.15, 0.2) is 30.3 Å². The molecule has 2 aromatic rings. The van der Waals surface area contributed by atoms with Crippen LogP contribution in [0.25, 0.3) is 0 Å². The first-order valence-electron chi connectivity index (χ1n) is 7.04. The van der Waals surface area contributed by atoms with Crippen molar-refractivity contribution in [3.05, 3.63) is 51.5 Å². The average molecular weight is 340 g/mol. The SMILES string of the molecule is CCOc1cc(Cl)c(CNc2ccc(C)c(Cl)c2)cc1OC. The highest BCUT2D eigenvalue weighted by atomic mass is 35.5. The van der Waals surface area contributed by atoms with Gasteiger partial charge in [0.15, 0.2) is 11.5 Å². The molecule has 2 aromatic carbocycles. The predicted octanol–water partition coefficient (Wildman–Crippen LogP) is 5.32. The van der Waals surface area contributed by atoms with E-state index >= 15 is 0 Å². The number of ether oxygens (including phenoxy) is 2. The number of benzene rings is 2. The van der Waals surface area contributed by atoms with E-state index in [2.05, 4.69) is 5.32 Å². The molecule has 3 nitrogen and oxygen atoms in total. The lowest BCUT2D eigenvalue weighted by Gasteiger charge is -2.14. The summed E-state index contributed by atoms with van der Waals surface area (Å²) in [6.07, 6.45) is 0. The fourth-order valence-electron chi connectivity index (χ4n) is 2.04. The number of nitrogens with one attached hydrogen (secondary N) is 1. The summed E-state index contributed by atoms with van der Waals surface area (Å²) in [5.41, 5.74) is 2.92. The Morgan fingerprint density at radius 1 is 1.05 bits per heavy atom. The second-order valence-corrected chi connectivity index (χ2v) is 5.66. The molecule has 1 N–H and O–H groups in total. The van der Waals surface area contributed by atoms with Gasteiger partial charge in [0.05, 0.1) is 13.7 Å². The quantitative estimate of drug-likeness (QED) is 0.772. The van der Waals surface area contributed by atoms with Crippen LogP contribution in [-0.2, 0) is 6.54 Å². The molecule has 0 fully saturated rings. The average Bonchev–Trinajstić information content (AvgIpc) is 2.50. The maximum atomic E-state index is 6.32. The van der Waals surface area contributed by atoms with Gasteiger partial charge >= 0.3 is 0 Å². The highest BCUT2D eigenvalue weighted by Crippen LogP contribution is 2.33. The van der Waals surface area contributed by atoms with E-state index in [1.54, 1.807) is 13.2 Å². The summed E-state index contributed by atoms with van der Waals surface area (Å²) in [6, 6.07) is 9.53. The molecule has 0 bridgehead atoms. The molecule has 5 heteroatoms. The van der Waals surface area contributed by atoms with Gasteiger partial charge in [0.25, 0.3) is 0 Å². The number of hydrogen-bond acceptors (Lipinski definition) is 3. The summed E-state index contributed by atoms with van der Waals surface area (Å²) in [5, 5.41) is 4.68. The van der Waals surface area contributed by atoms with Crippen LogP contribution in [0.3, 0.4) is 0 Å². The van der Waals surface area contributed by atoms with E-state index in [9.17, 15) is 0 Å². The molecule has 0 atom stereocenters. The van der Waals surface area contributed by atoms with Crippen molar-refractivity contribution < 1.29 is 9.47 Å². The smallest absolute Gasteiger partial charge is 0.162 e. The molecule has 0 heterocycles. The topological polar surface area (TPSA) is 30.5 Å². The van der Waals surface area contributed by atoms with Gasteiger partial charge in [-0.25, -0.2) is 0 Å². The fraction of sp³-hybridized carbons (Fsp3) is 0.294. The second-order valence-electron chi connectivity index (χ2n) is 4.85. The van der Waals surface area contributed by atoms with Crippen molar-refractivity contribution in [1.29, 1.82) is 0 Å². The summed E-state index contributed by atoms with van der Waals surface area (Å²) in [7, 11) is 1.61. The molecule has 0 unspecified atom stereocenters. The van der Waals surface area contributed by atoms with Crippen LogP contribution in [0.4, 0.5) is 5.69 Å². The van der Waals surface area contributed by atoms with Gasteiger partial charge in [-0.2, -0.15) is 0 Å². The van der Waals surface area contributed by atoms with Gasteiger partial charge in [-0.15, -0.1) is 0 Å². The van der Waals surface area contributed by atoms with Crippen LogP contribution < -0.4 is 14.8 Å². The third kappa shape index (κ3) is 3.99. The number of halogens is 2. The molecule has 118 valence electrons. The van der Waals surface area contributed by atoms with Crippen LogP contribution in [-0.4, -0.2) is 13.7 Å². The Hall–Kier alpha value is -1.58. The molecule has 0 radical (unpaired) electrons. The highest BCUT2D eigenvalue weighted by Gasteiger charge is 2.10. The fourth-order valence-corrected chi connectivity index (χ4v) is 2.44. The highest BCUT2D eigenvalue weighted by molar-refractivity contribution is 6.32. The summed E-state index contributed by atoms with van der Waals surface area (Å²) in [6.45, 7) is 5.03. The molecule has 0 aliphatic heterocycles. The largest absolute Gasteiger partial charge is 0.493 e. The minimum atomic E-state index is 0.562. The van der Waals surface area contributed by atoms with E-state index in [0.717, 1.165) is 21.8 Å². The summed E-state index contributed by atoms with van der Waals surface area (Å²) < 4.78 is 10.9. The first-order chi connectivity index (χ1) is 10.5. The second kappa shape index (κ2) is 7.61. The van der Waals surface area contributed by atoms with Crippen molar-refractivity contribution in [2.45, 2.75) is 20.4 Å². The molecule has 0 aliphatic carbocycles. The molecule has 0 aliphatic rings. The normalized spacial score (nSPS) is 10.4. The van der Waals surface area contributed by atoms with Gasteiger partial charge in [0.2, 0.25) is 0 Å². The van der Waals surface area contributed by atoms with E-state index in [1.807, 2.05) is 38.1 Å². The monoisotopic (exact) mass is 339 g/mol. The van der Waals surface area contributed by atoms with Crippen molar-refractivity contribution in [3.8, 4) is 11.5 Å². The number of anilines is 1. The van der Waals surface area contributed by atoms with Crippen molar-refractivity contribution in [1.82, 2.24) is 0 Å². The molecule has 0 saturated heterocycles. The Balaban J connectivity index is 2.16. The third-order valence-electron chi connectivity index (χ3n) is 3.29. The van der Waals surface area contributed by atoms with Gasteiger partial charge in [0.1, 0.15) is 0 Å². The van der Waals surface area contributed by atoms with E-state index in [-0.39, 0.29) is 0 Å². The van der Waals surface area contributed by atoms with Crippen molar-refractivity contribution in [2.75, 3.05) is 19.0 Å². The molecular weight excluding hydrogens is 321 g/mol. The molecule has 0 aromatic heterocycles. The van der Waals surface area contributed by atoms with Crippen molar-refractivity contribution in [2.24, 2.45) is 0 Å². The van der Waals surface area contributed by atoms with Gasteiger partial charge in [-0.1, -0.05) is 29.3 Å². The zero-order valence-electron chi connectivity index (χ0n) is 12.9. The molecular formula is C17H19Cl2NO2. The lowest BCUT2D eigenvalue weighted by molar-refractivity contribution is 0.311. The Kier molecular flexibility index (Phi) is 5.81. The molecule has 0 amide bonds. The minimum Gasteiger partial charge on any atom is -0.493 e. The number of hydrogen-bond donors (Lipinski definition) is 1. The van der Waals surface area contributed by atoms with Gasteiger partial charge in [-0.05, 0) is 43.2 Å². The Morgan fingerprint density at radius 2 is 1.82 bits per heavy atom. The van der Waals surface area contributed by atoms with Crippen LogP contribution in [0.2, 0.25) is 10.0 Å². The Labute approximate surface area is 141 Å². The summed E-state index contributed by atoms with van der Waals surface area (Å²) >= 11 is 12.4. The number of aryl methyl sites for hydroxylation is 1. The van der Waals surface area contributed by atoms with Crippen molar-refractivity contribution in [3.63, 3.8) is 0 Å². The Bertz CT molecular complexity index is 659. The molecule has 0 saturated carbocycles. The number of methoxy groups -OCH3 is 1. The van der Waals surface area contributed by atoms with Crippen LogP contribution in [0.1, 0.15) is 18.1 Å². The third-order valence-corrected chi connectivity index (χ3v) is 4.05. The van der Waals surface area contributed by atoms with Crippen LogP contribution in [0, 0.1) is 6.92 Å². The lowest BCUT2D eigenvalue weighted by Crippen LogP contribution is -2.02. The van der Waals surface area contributed by atoms with Crippen LogP contribution in [0.5, 0.6) is 11.5 Å². The Morgan fingerprint density at radius 3 is 2.45 bits per heavy atom. The van der Waals surface area contributed by atoms with Crippen molar-refractivity contribution >= 4 is 28.9 Å². The maximum Gasteiger partial charge on any atom is 0.162 e. The molecule has 2 rings (SSSR count). The van der Waals surface area contributed by atoms with E-state index < -0.39 is 0 Å². The van der Waals surface area contributed by atoms with Gasteiger partial charge < -0.3 is 14.8 Å². The van der Waals surface area contributed by atoms with Gasteiger partial charge in [0, 0.05) is 28.3 Å². The van der Waals surface area contributed by atoms with E-state index in [4.69, 9.17) is 32.7 Å². The molecule has 0 spiro atoms.